The molecule has 0 saturated carbocycles. The van der Waals surface area contributed by atoms with Crippen LogP contribution in [0, 0.1) is 0 Å². The highest BCUT2D eigenvalue weighted by atomic mass is 16.1. The molecule has 0 aliphatic rings. The molecular formula is C20H32O. The number of carbonyl (C=O) groups is 1. The molecule has 1 rings (SSSR count). The maximum Gasteiger partial charge on any atom is 0.150 e. The summed E-state index contributed by atoms with van der Waals surface area (Å²) in [7, 11) is 0. The van der Waals surface area contributed by atoms with E-state index < -0.39 is 0 Å². The van der Waals surface area contributed by atoms with Gasteiger partial charge in [0, 0.05) is 5.56 Å². The van der Waals surface area contributed by atoms with Crippen LogP contribution < -0.4 is 0 Å². The van der Waals surface area contributed by atoms with Crippen LogP contribution in [0.25, 0.3) is 0 Å². The van der Waals surface area contributed by atoms with Gasteiger partial charge in [-0.05, 0) is 18.4 Å². The van der Waals surface area contributed by atoms with Crippen LogP contribution in [0.1, 0.15) is 93.5 Å². The lowest BCUT2D eigenvalue weighted by molar-refractivity contribution is 0.112. The van der Waals surface area contributed by atoms with Crippen LogP contribution in [0.3, 0.4) is 0 Å². The Hall–Kier alpha value is -1.11. The third-order valence-electron chi connectivity index (χ3n) is 4.23. The van der Waals surface area contributed by atoms with Gasteiger partial charge in [0.25, 0.3) is 0 Å². The van der Waals surface area contributed by atoms with Gasteiger partial charge in [-0.15, -0.1) is 0 Å². The minimum Gasteiger partial charge on any atom is -0.298 e. The molecule has 1 aromatic carbocycles. The minimum atomic E-state index is 0.865. The van der Waals surface area contributed by atoms with Crippen LogP contribution in [-0.4, -0.2) is 6.29 Å². The number of unbranched alkanes of at least 4 members (excludes halogenated alkanes) is 10. The fraction of sp³-hybridized carbons (Fsp3) is 0.650. The van der Waals surface area contributed by atoms with E-state index in [0.717, 1.165) is 18.3 Å². The Labute approximate surface area is 131 Å². The predicted octanol–water partition coefficient (Wildman–Crippen LogP) is 6.35. The first kappa shape index (κ1) is 17.9. The first-order valence-corrected chi connectivity index (χ1v) is 8.91. The quantitative estimate of drug-likeness (QED) is 0.305. The average Bonchev–Trinajstić information content (AvgIpc) is 2.53. The van der Waals surface area contributed by atoms with Gasteiger partial charge in [0.1, 0.15) is 6.29 Å². The lowest BCUT2D eigenvalue weighted by atomic mass is 10.0. The number of benzene rings is 1. The molecule has 1 aromatic rings. The van der Waals surface area contributed by atoms with E-state index in [1.54, 1.807) is 0 Å². The summed E-state index contributed by atoms with van der Waals surface area (Å²) in [6.07, 6.45) is 17.1. The summed E-state index contributed by atoms with van der Waals surface area (Å²) in [5.74, 6) is 0. The van der Waals surface area contributed by atoms with Gasteiger partial charge in [-0.3, -0.25) is 4.79 Å². The van der Waals surface area contributed by atoms with E-state index in [2.05, 4.69) is 13.0 Å². The Balaban J connectivity index is 1.94. The Morgan fingerprint density at radius 2 is 1.29 bits per heavy atom. The van der Waals surface area contributed by atoms with Gasteiger partial charge in [0.15, 0.2) is 0 Å². The first-order chi connectivity index (χ1) is 10.4. The monoisotopic (exact) mass is 288 g/mol. The van der Waals surface area contributed by atoms with Crippen molar-refractivity contribution in [3.8, 4) is 0 Å². The molecule has 0 bridgehead atoms. The van der Waals surface area contributed by atoms with E-state index in [-0.39, 0.29) is 0 Å². The maximum atomic E-state index is 10.9. The largest absolute Gasteiger partial charge is 0.298 e. The maximum absolute atomic E-state index is 10.9. The van der Waals surface area contributed by atoms with Crippen LogP contribution >= 0.6 is 0 Å². The average molecular weight is 288 g/mol. The summed E-state index contributed by atoms with van der Waals surface area (Å²) in [5.41, 5.74) is 2.08. The normalized spacial score (nSPS) is 10.7. The first-order valence-electron chi connectivity index (χ1n) is 8.91. The zero-order valence-electron chi connectivity index (χ0n) is 13.8. The molecule has 0 spiro atoms. The van der Waals surface area contributed by atoms with Crippen LogP contribution in [-0.2, 0) is 6.42 Å². The van der Waals surface area contributed by atoms with E-state index in [9.17, 15) is 4.79 Å². The number of hydrogen-bond donors (Lipinski definition) is 0. The van der Waals surface area contributed by atoms with Gasteiger partial charge in [-0.1, -0.05) is 95.4 Å². The second-order valence-corrected chi connectivity index (χ2v) is 6.10. The van der Waals surface area contributed by atoms with E-state index in [1.807, 2.05) is 18.2 Å². The Kier molecular flexibility index (Phi) is 10.8. The molecular weight excluding hydrogens is 256 g/mol. The molecule has 118 valence electrons. The number of carbonyl (C=O) groups excluding carboxylic acids is 1. The van der Waals surface area contributed by atoms with Gasteiger partial charge >= 0.3 is 0 Å². The fourth-order valence-electron chi connectivity index (χ4n) is 2.86. The molecule has 1 nitrogen and oxygen atoms in total. The molecule has 0 atom stereocenters. The van der Waals surface area contributed by atoms with Gasteiger partial charge in [-0.25, -0.2) is 0 Å². The third kappa shape index (κ3) is 8.70. The summed E-state index contributed by atoms with van der Waals surface area (Å²) in [6.45, 7) is 2.27. The molecule has 0 radical (unpaired) electrons. The number of aldehydes is 1. The SMILES string of the molecule is CCCCCCCCCCCCCc1ccccc1C=O. The topological polar surface area (TPSA) is 17.1 Å². The molecule has 0 fully saturated rings. The zero-order valence-corrected chi connectivity index (χ0v) is 13.8. The van der Waals surface area contributed by atoms with Crippen molar-refractivity contribution in [2.75, 3.05) is 0 Å². The smallest absolute Gasteiger partial charge is 0.150 e. The second-order valence-electron chi connectivity index (χ2n) is 6.10. The second kappa shape index (κ2) is 12.6. The molecule has 0 N–H and O–H groups in total. The van der Waals surface area contributed by atoms with E-state index >= 15 is 0 Å². The number of aryl methyl sites for hydroxylation is 1. The lowest BCUT2D eigenvalue weighted by Gasteiger charge is -2.05. The van der Waals surface area contributed by atoms with Crippen LogP contribution in [0.15, 0.2) is 24.3 Å². The van der Waals surface area contributed by atoms with E-state index in [1.165, 1.54) is 76.2 Å². The number of hydrogen-bond acceptors (Lipinski definition) is 1. The minimum absolute atomic E-state index is 0.865. The summed E-state index contributed by atoms with van der Waals surface area (Å²) in [5, 5.41) is 0. The molecule has 0 aliphatic carbocycles. The standard InChI is InChI=1S/C20H32O/c1-2-3-4-5-6-7-8-9-10-11-12-15-19-16-13-14-17-20(19)18-21/h13-14,16-18H,2-12,15H2,1H3. The summed E-state index contributed by atoms with van der Waals surface area (Å²) in [4.78, 5) is 10.9. The predicted molar refractivity (Wildman–Crippen MR) is 92.0 cm³/mol. The molecule has 0 amide bonds. The molecule has 0 unspecified atom stereocenters. The van der Waals surface area contributed by atoms with Crippen molar-refractivity contribution in [1.29, 1.82) is 0 Å². The van der Waals surface area contributed by atoms with Crippen molar-refractivity contribution < 1.29 is 4.79 Å². The van der Waals surface area contributed by atoms with Crippen molar-refractivity contribution in [3.63, 3.8) is 0 Å². The summed E-state index contributed by atoms with van der Waals surface area (Å²) in [6, 6.07) is 7.97. The summed E-state index contributed by atoms with van der Waals surface area (Å²) < 4.78 is 0. The van der Waals surface area contributed by atoms with Crippen molar-refractivity contribution in [2.24, 2.45) is 0 Å². The highest BCUT2D eigenvalue weighted by Crippen LogP contribution is 2.14. The fourth-order valence-corrected chi connectivity index (χ4v) is 2.86. The van der Waals surface area contributed by atoms with E-state index in [0.29, 0.717) is 0 Å². The Bertz CT molecular complexity index is 370. The van der Waals surface area contributed by atoms with E-state index in [4.69, 9.17) is 0 Å². The van der Waals surface area contributed by atoms with Crippen molar-refractivity contribution in [3.05, 3.63) is 35.4 Å². The van der Waals surface area contributed by atoms with Crippen molar-refractivity contribution >= 4 is 6.29 Å². The van der Waals surface area contributed by atoms with Crippen LogP contribution in [0.5, 0.6) is 0 Å². The van der Waals surface area contributed by atoms with Crippen molar-refractivity contribution in [2.45, 2.75) is 84.0 Å². The number of rotatable bonds is 13. The highest BCUT2D eigenvalue weighted by molar-refractivity contribution is 5.77. The zero-order chi connectivity index (χ0) is 15.2. The molecule has 1 heteroatoms. The van der Waals surface area contributed by atoms with Gasteiger partial charge in [0.05, 0.1) is 0 Å². The third-order valence-corrected chi connectivity index (χ3v) is 4.23. The molecule has 0 saturated heterocycles. The molecule has 0 aromatic heterocycles. The van der Waals surface area contributed by atoms with Gasteiger partial charge < -0.3 is 0 Å². The Morgan fingerprint density at radius 3 is 1.86 bits per heavy atom. The molecule has 0 heterocycles. The summed E-state index contributed by atoms with van der Waals surface area (Å²) >= 11 is 0. The highest BCUT2D eigenvalue weighted by Gasteiger charge is 2.00. The van der Waals surface area contributed by atoms with Gasteiger partial charge in [-0.2, -0.15) is 0 Å². The molecule has 21 heavy (non-hydrogen) atoms. The van der Waals surface area contributed by atoms with Gasteiger partial charge in [0.2, 0.25) is 0 Å². The van der Waals surface area contributed by atoms with Crippen LogP contribution in [0.4, 0.5) is 0 Å². The lowest BCUT2D eigenvalue weighted by Crippen LogP contribution is -1.92. The van der Waals surface area contributed by atoms with Crippen LogP contribution in [0.2, 0.25) is 0 Å². The molecule has 0 aliphatic heterocycles. The Morgan fingerprint density at radius 1 is 0.762 bits per heavy atom. The van der Waals surface area contributed by atoms with Crippen molar-refractivity contribution in [1.82, 2.24) is 0 Å².